The molecule has 2 rings (SSSR count). The second-order valence-electron chi connectivity index (χ2n) is 4.32. The normalized spacial score (nSPS) is 17.4. The molecular formula is C11H17N3O2. The molecule has 1 N–H and O–H groups in total. The van der Waals surface area contributed by atoms with Crippen LogP contribution in [0.5, 0.6) is 11.8 Å². The van der Waals surface area contributed by atoms with Crippen molar-refractivity contribution in [2.45, 2.75) is 31.7 Å². The van der Waals surface area contributed by atoms with Gasteiger partial charge in [-0.05, 0) is 26.2 Å². The van der Waals surface area contributed by atoms with Crippen LogP contribution in [0.1, 0.15) is 26.2 Å². The minimum absolute atomic E-state index is 0.122. The van der Waals surface area contributed by atoms with E-state index in [9.17, 15) is 0 Å². The van der Waals surface area contributed by atoms with E-state index in [1.54, 1.807) is 20.3 Å². The van der Waals surface area contributed by atoms with E-state index < -0.39 is 0 Å². The van der Waals surface area contributed by atoms with Crippen molar-refractivity contribution >= 4 is 5.95 Å². The lowest BCUT2D eigenvalue weighted by molar-refractivity contribution is 0.303. The highest BCUT2D eigenvalue weighted by Crippen LogP contribution is 2.34. The molecule has 1 aliphatic carbocycles. The number of aromatic nitrogens is 2. The molecule has 0 unspecified atom stereocenters. The summed E-state index contributed by atoms with van der Waals surface area (Å²) < 4.78 is 10.2. The maximum absolute atomic E-state index is 5.09. The van der Waals surface area contributed by atoms with Gasteiger partial charge < -0.3 is 14.8 Å². The second kappa shape index (κ2) is 4.15. The first kappa shape index (κ1) is 11.0. The van der Waals surface area contributed by atoms with Crippen LogP contribution in [0.2, 0.25) is 0 Å². The molecule has 88 valence electrons. The summed E-state index contributed by atoms with van der Waals surface area (Å²) in [5, 5.41) is 3.32. The molecule has 1 aliphatic rings. The Labute approximate surface area is 95.2 Å². The summed E-state index contributed by atoms with van der Waals surface area (Å²) in [4.78, 5) is 8.48. The molecule has 0 radical (unpaired) electrons. The van der Waals surface area contributed by atoms with E-state index in [2.05, 4.69) is 22.2 Å². The van der Waals surface area contributed by atoms with Crippen molar-refractivity contribution in [2.75, 3.05) is 19.5 Å². The first-order valence-corrected chi connectivity index (χ1v) is 5.40. The van der Waals surface area contributed by atoms with Gasteiger partial charge in [0.1, 0.15) is 0 Å². The average molecular weight is 223 g/mol. The molecule has 1 aromatic rings. The number of methoxy groups -OCH3 is 2. The molecule has 16 heavy (non-hydrogen) atoms. The zero-order chi connectivity index (χ0) is 11.6. The molecule has 5 heteroatoms. The van der Waals surface area contributed by atoms with Crippen molar-refractivity contribution in [1.29, 1.82) is 0 Å². The summed E-state index contributed by atoms with van der Waals surface area (Å²) in [6.07, 6.45) is 3.55. The van der Waals surface area contributed by atoms with Gasteiger partial charge in [-0.25, -0.2) is 0 Å². The smallest absolute Gasteiger partial charge is 0.229 e. The predicted molar refractivity (Wildman–Crippen MR) is 61.0 cm³/mol. The van der Waals surface area contributed by atoms with Crippen LogP contribution in [0, 0.1) is 0 Å². The third-order valence-electron chi connectivity index (χ3n) is 2.97. The van der Waals surface area contributed by atoms with E-state index in [-0.39, 0.29) is 5.54 Å². The van der Waals surface area contributed by atoms with Gasteiger partial charge in [-0.1, -0.05) is 0 Å². The highest BCUT2D eigenvalue weighted by atomic mass is 16.5. The first-order chi connectivity index (χ1) is 7.65. The highest BCUT2D eigenvalue weighted by molar-refractivity contribution is 5.36. The van der Waals surface area contributed by atoms with Crippen LogP contribution < -0.4 is 14.8 Å². The van der Waals surface area contributed by atoms with Gasteiger partial charge in [-0.3, -0.25) is 0 Å². The largest absolute Gasteiger partial charge is 0.481 e. The molecule has 1 saturated carbocycles. The van der Waals surface area contributed by atoms with Crippen LogP contribution in [0.3, 0.4) is 0 Å². The van der Waals surface area contributed by atoms with Crippen molar-refractivity contribution < 1.29 is 9.47 Å². The summed E-state index contributed by atoms with van der Waals surface area (Å²) >= 11 is 0. The van der Waals surface area contributed by atoms with Gasteiger partial charge in [0.25, 0.3) is 0 Å². The average Bonchev–Trinajstić information content (AvgIpc) is 2.26. The molecule has 0 spiro atoms. The van der Waals surface area contributed by atoms with Crippen LogP contribution in [0.25, 0.3) is 0 Å². The number of hydrogen-bond acceptors (Lipinski definition) is 5. The Bertz CT molecular complexity index is 355. The summed E-state index contributed by atoms with van der Waals surface area (Å²) in [7, 11) is 3.16. The van der Waals surface area contributed by atoms with Gasteiger partial charge >= 0.3 is 0 Å². The molecule has 0 aliphatic heterocycles. The Hall–Kier alpha value is -1.52. The molecule has 0 saturated heterocycles. The SMILES string of the molecule is COc1cc(OC)nc(NC2(C)CCC2)n1. The van der Waals surface area contributed by atoms with Gasteiger partial charge in [0.15, 0.2) is 0 Å². The summed E-state index contributed by atoms with van der Waals surface area (Å²) in [6.45, 7) is 2.17. The second-order valence-corrected chi connectivity index (χ2v) is 4.32. The predicted octanol–water partition coefficient (Wildman–Crippen LogP) is 1.85. The lowest BCUT2D eigenvalue weighted by Gasteiger charge is -2.39. The maximum atomic E-state index is 5.09. The lowest BCUT2D eigenvalue weighted by Crippen LogP contribution is -2.42. The third-order valence-corrected chi connectivity index (χ3v) is 2.97. The summed E-state index contributed by atoms with van der Waals surface area (Å²) in [5.41, 5.74) is 0.122. The van der Waals surface area contributed by atoms with Gasteiger partial charge in [-0.15, -0.1) is 0 Å². The summed E-state index contributed by atoms with van der Waals surface area (Å²) in [5.74, 6) is 1.59. The Morgan fingerprint density at radius 2 is 1.75 bits per heavy atom. The maximum Gasteiger partial charge on any atom is 0.229 e. The fourth-order valence-electron chi connectivity index (χ4n) is 1.77. The molecule has 1 fully saturated rings. The first-order valence-electron chi connectivity index (χ1n) is 5.40. The molecular weight excluding hydrogens is 206 g/mol. The zero-order valence-electron chi connectivity index (χ0n) is 9.91. The highest BCUT2D eigenvalue weighted by Gasteiger charge is 2.32. The van der Waals surface area contributed by atoms with Crippen LogP contribution >= 0.6 is 0 Å². The zero-order valence-corrected chi connectivity index (χ0v) is 9.91. The Balaban J connectivity index is 2.18. The molecule has 0 bridgehead atoms. The van der Waals surface area contributed by atoms with Crippen LogP contribution in [-0.2, 0) is 0 Å². The van der Waals surface area contributed by atoms with Gasteiger partial charge in [-0.2, -0.15) is 9.97 Å². The number of rotatable bonds is 4. The number of nitrogens with one attached hydrogen (secondary N) is 1. The number of hydrogen-bond donors (Lipinski definition) is 1. The third kappa shape index (κ3) is 2.18. The van der Waals surface area contributed by atoms with Gasteiger partial charge in [0.05, 0.1) is 20.3 Å². The van der Waals surface area contributed by atoms with E-state index in [0.717, 1.165) is 12.8 Å². The number of anilines is 1. The number of nitrogens with zero attached hydrogens (tertiary/aromatic N) is 2. The van der Waals surface area contributed by atoms with Gasteiger partial charge in [0.2, 0.25) is 17.7 Å². The molecule has 1 heterocycles. The van der Waals surface area contributed by atoms with E-state index in [0.29, 0.717) is 17.7 Å². The Kier molecular flexibility index (Phi) is 2.85. The quantitative estimate of drug-likeness (QED) is 0.844. The lowest BCUT2D eigenvalue weighted by atomic mass is 9.79. The summed E-state index contributed by atoms with van der Waals surface area (Å²) in [6, 6.07) is 1.66. The molecule has 1 aromatic heterocycles. The van der Waals surface area contributed by atoms with Crippen molar-refractivity contribution in [3.05, 3.63) is 6.07 Å². The van der Waals surface area contributed by atoms with Crippen molar-refractivity contribution in [3.8, 4) is 11.8 Å². The topological polar surface area (TPSA) is 56.3 Å². The van der Waals surface area contributed by atoms with E-state index in [1.165, 1.54) is 6.42 Å². The van der Waals surface area contributed by atoms with Crippen LogP contribution in [-0.4, -0.2) is 29.7 Å². The van der Waals surface area contributed by atoms with Crippen LogP contribution in [0.15, 0.2) is 6.07 Å². The minimum Gasteiger partial charge on any atom is -0.481 e. The Morgan fingerprint density at radius 3 is 2.12 bits per heavy atom. The van der Waals surface area contributed by atoms with Crippen LogP contribution in [0.4, 0.5) is 5.95 Å². The monoisotopic (exact) mass is 223 g/mol. The van der Waals surface area contributed by atoms with E-state index in [4.69, 9.17) is 9.47 Å². The molecule has 0 atom stereocenters. The van der Waals surface area contributed by atoms with Crippen molar-refractivity contribution in [3.63, 3.8) is 0 Å². The molecule has 0 aromatic carbocycles. The van der Waals surface area contributed by atoms with Gasteiger partial charge in [0, 0.05) is 5.54 Å². The molecule has 0 amide bonds. The van der Waals surface area contributed by atoms with E-state index in [1.807, 2.05) is 0 Å². The fourth-order valence-corrected chi connectivity index (χ4v) is 1.77. The standard InChI is InChI=1S/C11H17N3O2/c1-11(5-4-6-11)14-10-12-8(15-2)7-9(13-10)16-3/h7H,4-6H2,1-3H3,(H,12,13,14). The fraction of sp³-hybridized carbons (Fsp3) is 0.636. The van der Waals surface area contributed by atoms with Crippen molar-refractivity contribution in [2.24, 2.45) is 0 Å². The van der Waals surface area contributed by atoms with E-state index >= 15 is 0 Å². The number of ether oxygens (including phenoxy) is 2. The molecule has 5 nitrogen and oxygen atoms in total. The van der Waals surface area contributed by atoms with Crippen molar-refractivity contribution in [1.82, 2.24) is 9.97 Å². The minimum atomic E-state index is 0.122. The Morgan fingerprint density at radius 1 is 1.19 bits per heavy atom.